The van der Waals surface area contributed by atoms with Crippen molar-refractivity contribution in [1.29, 1.82) is 0 Å². The third-order valence-corrected chi connectivity index (χ3v) is 3.80. The predicted molar refractivity (Wildman–Crippen MR) is 104 cm³/mol. The fourth-order valence-electron chi connectivity index (χ4n) is 2.50. The molecule has 0 aromatic heterocycles. The van der Waals surface area contributed by atoms with Crippen LogP contribution in [0.2, 0.25) is 0 Å². The molecule has 0 atom stereocenters. The van der Waals surface area contributed by atoms with Crippen LogP contribution in [0.4, 0.5) is 11.4 Å². The van der Waals surface area contributed by atoms with Crippen molar-refractivity contribution in [1.82, 2.24) is 0 Å². The first-order chi connectivity index (χ1) is 11.9. The average molecular weight is 342 g/mol. The average Bonchev–Trinajstić information content (AvgIpc) is 2.60. The molecule has 6 heteroatoms. The third-order valence-electron chi connectivity index (χ3n) is 3.80. The van der Waals surface area contributed by atoms with Crippen LogP contribution in [0, 0.1) is 6.92 Å². The van der Waals surface area contributed by atoms with Gasteiger partial charge in [-0.2, -0.15) is 0 Å². The van der Waals surface area contributed by atoms with E-state index in [1.54, 1.807) is 14.2 Å². The van der Waals surface area contributed by atoms with Crippen molar-refractivity contribution >= 4 is 17.3 Å². The molecule has 25 heavy (non-hydrogen) atoms. The lowest BCUT2D eigenvalue weighted by atomic mass is 10.1. The standard InChI is InChI=1S/C19H26N4O2/c1-13-6-7-14(16(10-13)23(2)3)12-21-19(20)22-15-8-9-17(24-4)18(11-15)25-5/h6-11H,12H2,1-5H3,(H3,20,21,22). The number of ether oxygens (including phenoxy) is 2. The van der Waals surface area contributed by atoms with E-state index in [4.69, 9.17) is 15.2 Å². The van der Waals surface area contributed by atoms with Crippen molar-refractivity contribution < 1.29 is 9.47 Å². The number of nitrogens with one attached hydrogen (secondary N) is 1. The van der Waals surface area contributed by atoms with E-state index in [1.165, 1.54) is 5.56 Å². The highest BCUT2D eigenvalue weighted by atomic mass is 16.5. The molecule has 0 spiro atoms. The van der Waals surface area contributed by atoms with Gasteiger partial charge in [-0.3, -0.25) is 0 Å². The molecular formula is C19H26N4O2. The van der Waals surface area contributed by atoms with Gasteiger partial charge in [0.1, 0.15) is 0 Å². The maximum atomic E-state index is 6.02. The normalized spacial score (nSPS) is 11.2. The Morgan fingerprint density at radius 1 is 1.08 bits per heavy atom. The highest BCUT2D eigenvalue weighted by Crippen LogP contribution is 2.29. The van der Waals surface area contributed by atoms with Crippen molar-refractivity contribution in [2.24, 2.45) is 10.7 Å². The highest BCUT2D eigenvalue weighted by Gasteiger charge is 2.07. The largest absolute Gasteiger partial charge is 0.493 e. The van der Waals surface area contributed by atoms with Crippen molar-refractivity contribution in [3.05, 3.63) is 47.5 Å². The van der Waals surface area contributed by atoms with Crippen LogP contribution >= 0.6 is 0 Å². The number of aliphatic imine (C=N–C) groups is 1. The van der Waals surface area contributed by atoms with Gasteiger partial charge in [0.05, 0.1) is 20.8 Å². The van der Waals surface area contributed by atoms with Gasteiger partial charge < -0.3 is 25.4 Å². The van der Waals surface area contributed by atoms with Gasteiger partial charge in [-0.25, -0.2) is 4.99 Å². The number of anilines is 2. The number of rotatable bonds is 6. The summed E-state index contributed by atoms with van der Waals surface area (Å²) in [5, 5.41) is 3.08. The molecule has 6 nitrogen and oxygen atoms in total. The molecule has 0 saturated heterocycles. The van der Waals surface area contributed by atoms with Crippen LogP contribution in [0.1, 0.15) is 11.1 Å². The molecule has 0 heterocycles. The summed E-state index contributed by atoms with van der Waals surface area (Å²) in [6.45, 7) is 2.58. The molecule has 134 valence electrons. The van der Waals surface area contributed by atoms with E-state index in [-0.39, 0.29) is 0 Å². The molecule has 0 aliphatic heterocycles. The lowest BCUT2D eigenvalue weighted by Crippen LogP contribution is -2.22. The van der Waals surface area contributed by atoms with Crippen LogP contribution in [-0.2, 0) is 6.54 Å². The second-order valence-corrected chi connectivity index (χ2v) is 5.92. The first-order valence-electron chi connectivity index (χ1n) is 8.00. The van der Waals surface area contributed by atoms with Crippen molar-refractivity contribution in [3.63, 3.8) is 0 Å². The van der Waals surface area contributed by atoms with E-state index >= 15 is 0 Å². The van der Waals surface area contributed by atoms with E-state index in [2.05, 4.69) is 40.3 Å². The maximum Gasteiger partial charge on any atom is 0.193 e. The quantitative estimate of drug-likeness (QED) is 0.624. The van der Waals surface area contributed by atoms with E-state index in [9.17, 15) is 0 Å². The molecule has 0 saturated carbocycles. The van der Waals surface area contributed by atoms with E-state index < -0.39 is 0 Å². The first kappa shape index (κ1) is 18.4. The van der Waals surface area contributed by atoms with E-state index in [0.717, 1.165) is 16.9 Å². The van der Waals surface area contributed by atoms with Crippen molar-refractivity contribution in [2.45, 2.75) is 13.5 Å². The number of nitrogens with zero attached hydrogens (tertiary/aromatic N) is 2. The number of guanidine groups is 1. The second kappa shape index (κ2) is 8.28. The SMILES string of the molecule is COc1ccc(NC(N)=NCc2ccc(C)cc2N(C)C)cc1OC. The first-order valence-corrected chi connectivity index (χ1v) is 8.00. The maximum absolute atomic E-state index is 6.02. The summed E-state index contributed by atoms with van der Waals surface area (Å²) < 4.78 is 10.5. The van der Waals surface area contributed by atoms with Gasteiger partial charge in [-0.05, 0) is 36.2 Å². The smallest absolute Gasteiger partial charge is 0.193 e. The van der Waals surface area contributed by atoms with Crippen LogP contribution < -0.4 is 25.4 Å². The minimum absolute atomic E-state index is 0.345. The van der Waals surface area contributed by atoms with E-state index in [1.807, 2.05) is 32.3 Å². The zero-order valence-corrected chi connectivity index (χ0v) is 15.5. The zero-order chi connectivity index (χ0) is 18.4. The summed E-state index contributed by atoms with van der Waals surface area (Å²) in [5.41, 5.74) is 10.3. The third kappa shape index (κ3) is 4.79. The molecule has 2 aromatic rings. The van der Waals surface area contributed by atoms with Crippen LogP contribution in [0.25, 0.3) is 0 Å². The second-order valence-electron chi connectivity index (χ2n) is 5.92. The Balaban J connectivity index is 2.13. The van der Waals surface area contributed by atoms with E-state index in [0.29, 0.717) is 24.0 Å². The Bertz CT molecular complexity index is 757. The van der Waals surface area contributed by atoms with Crippen LogP contribution in [0.3, 0.4) is 0 Å². The summed E-state index contributed by atoms with van der Waals surface area (Å²) in [6, 6.07) is 11.8. The molecule has 0 aliphatic rings. The van der Waals surface area contributed by atoms with Gasteiger partial charge in [0.15, 0.2) is 17.5 Å². The van der Waals surface area contributed by atoms with Gasteiger partial charge in [0.25, 0.3) is 0 Å². The molecule has 0 radical (unpaired) electrons. The summed E-state index contributed by atoms with van der Waals surface area (Å²) in [6.07, 6.45) is 0. The molecule has 3 N–H and O–H groups in total. The summed E-state index contributed by atoms with van der Waals surface area (Å²) in [7, 11) is 7.24. The molecule has 2 aromatic carbocycles. The molecule has 0 amide bonds. The summed E-state index contributed by atoms with van der Waals surface area (Å²) in [4.78, 5) is 6.52. The van der Waals surface area contributed by atoms with Gasteiger partial charge in [0.2, 0.25) is 0 Å². The monoisotopic (exact) mass is 342 g/mol. The molecule has 0 fully saturated rings. The molecule has 0 bridgehead atoms. The molecule has 0 unspecified atom stereocenters. The number of hydrogen-bond acceptors (Lipinski definition) is 4. The van der Waals surface area contributed by atoms with Gasteiger partial charge in [0, 0.05) is 31.5 Å². The topological polar surface area (TPSA) is 72.1 Å². The number of aryl methyl sites for hydroxylation is 1. The number of hydrogen-bond donors (Lipinski definition) is 2. The highest BCUT2D eigenvalue weighted by molar-refractivity contribution is 5.92. The zero-order valence-electron chi connectivity index (χ0n) is 15.5. The minimum Gasteiger partial charge on any atom is -0.493 e. The Labute approximate surface area is 149 Å². The number of benzene rings is 2. The number of nitrogens with two attached hydrogens (primary N) is 1. The van der Waals surface area contributed by atoms with Crippen LogP contribution in [0.5, 0.6) is 11.5 Å². The fraction of sp³-hybridized carbons (Fsp3) is 0.316. The van der Waals surface area contributed by atoms with Crippen molar-refractivity contribution in [3.8, 4) is 11.5 Å². The van der Waals surface area contributed by atoms with Crippen LogP contribution in [-0.4, -0.2) is 34.3 Å². The van der Waals surface area contributed by atoms with Gasteiger partial charge >= 0.3 is 0 Å². The number of methoxy groups -OCH3 is 2. The lowest BCUT2D eigenvalue weighted by molar-refractivity contribution is 0.355. The Hall–Kier alpha value is -2.89. The van der Waals surface area contributed by atoms with Crippen LogP contribution in [0.15, 0.2) is 41.4 Å². The molecular weight excluding hydrogens is 316 g/mol. The Morgan fingerprint density at radius 2 is 1.80 bits per heavy atom. The fourth-order valence-corrected chi connectivity index (χ4v) is 2.50. The summed E-state index contributed by atoms with van der Waals surface area (Å²) >= 11 is 0. The molecule has 2 rings (SSSR count). The Kier molecular flexibility index (Phi) is 6.11. The minimum atomic E-state index is 0.345. The Morgan fingerprint density at radius 3 is 2.44 bits per heavy atom. The van der Waals surface area contributed by atoms with Gasteiger partial charge in [-0.1, -0.05) is 12.1 Å². The summed E-state index contributed by atoms with van der Waals surface area (Å²) in [5.74, 6) is 1.64. The van der Waals surface area contributed by atoms with Crippen molar-refractivity contribution in [2.75, 3.05) is 38.5 Å². The predicted octanol–water partition coefficient (Wildman–Crippen LogP) is 3.01. The molecule has 0 aliphatic carbocycles. The van der Waals surface area contributed by atoms with Gasteiger partial charge in [-0.15, -0.1) is 0 Å². The lowest BCUT2D eigenvalue weighted by Gasteiger charge is -2.17.